The van der Waals surface area contributed by atoms with Crippen molar-refractivity contribution in [3.05, 3.63) is 0 Å². The molecule has 6 bridgehead atoms. The molecule has 0 aromatic carbocycles. The van der Waals surface area contributed by atoms with Gasteiger partial charge in [-0.25, -0.2) is 0 Å². The van der Waals surface area contributed by atoms with Crippen LogP contribution >= 0.6 is 0 Å². The molecule has 20 heavy (non-hydrogen) atoms. The molecular weight excluding hydrogens is 248 g/mol. The lowest BCUT2D eigenvalue weighted by Crippen LogP contribution is -2.63. The van der Waals surface area contributed by atoms with E-state index >= 15 is 0 Å². The molecule has 6 aliphatic rings. The lowest BCUT2D eigenvalue weighted by atomic mass is 9.39. The number of hydrogen-bond donors (Lipinski definition) is 0. The third kappa shape index (κ3) is 1.04. The normalized spacial score (nSPS) is 57.6. The van der Waals surface area contributed by atoms with Crippen LogP contribution in [0.1, 0.15) is 59.3 Å². The van der Waals surface area contributed by atoms with Gasteiger partial charge in [-0.15, -0.1) is 0 Å². The van der Waals surface area contributed by atoms with Crippen molar-refractivity contribution < 1.29 is 9.53 Å². The summed E-state index contributed by atoms with van der Waals surface area (Å²) in [5, 5.41) is 0. The number of rotatable bonds is 2. The van der Waals surface area contributed by atoms with Crippen molar-refractivity contribution in [1.29, 1.82) is 0 Å². The third-order valence-electron chi connectivity index (χ3n) is 8.44. The molecule has 0 amide bonds. The fourth-order valence-electron chi connectivity index (χ4n) is 8.19. The predicted octanol–water partition coefficient (Wildman–Crippen LogP) is 3.79. The van der Waals surface area contributed by atoms with Gasteiger partial charge in [0.25, 0.3) is 0 Å². The first kappa shape index (κ1) is 12.1. The topological polar surface area (TPSA) is 26.3 Å². The lowest BCUT2D eigenvalue weighted by molar-refractivity contribution is -0.228. The monoisotopic (exact) mass is 274 g/mol. The zero-order chi connectivity index (χ0) is 13.9. The Bertz CT molecular complexity index is 510. The van der Waals surface area contributed by atoms with Crippen molar-refractivity contribution in [2.24, 2.45) is 40.4 Å². The average molecular weight is 274 g/mol. The first-order valence-electron chi connectivity index (χ1n) is 8.60. The minimum Gasteiger partial charge on any atom is -0.459 e. The summed E-state index contributed by atoms with van der Waals surface area (Å²) in [5.74, 6) is 4.60. The Morgan fingerprint density at radius 3 is 2.55 bits per heavy atom. The molecule has 2 heteroatoms. The van der Waals surface area contributed by atoms with E-state index in [4.69, 9.17) is 4.74 Å². The number of carbonyl (C=O) groups is 1. The molecule has 6 fully saturated rings. The quantitative estimate of drug-likeness (QED) is 0.716. The Hall–Kier alpha value is -0.530. The highest BCUT2D eigenvalue weighted by molar-refractivity contribution is 5.66. The van der Waals surface area contributed by atoms with Gasteiger partial charge in [-0.05, 0) is 87.4 Å². The summed E-state index contributed by atoms with van der Waals surface area (Å²) in [6.07, 6.45) is 8.67. The van der Waals surface area contributed by atoms with Crippen LogP contribution in [-0.4, -0.2) is 11.6 Å². The van der Waals surface area contributed by atoms with E-state index in [1.54, 1.807) is 6.92 Å². The molecule has 2 nitrogen and oxygen atoms in total. The Morgan fingerprint density at radius 1 is 1.05 bits per heavy atom. The second-order valence-corrected chi connectivity index (χ2v) is 9.12. The van der Waals surface area contributed by atoms with Gasteiger partial charge in [0, 0.05) is 12.3 Å². The molecule has 0 saturated heterocycles. The second kappa shape index (κ2) is 3.13. The maximum absolute atomic E-state index is 11.6. The van der Waals surface area contributed by atoms with Gasteiger partial charge in [-0.2, -0.15) is 0 Å². The Balaban J connectivity index is 1.63. The minimum absolute atomic E-state index is 0.0900. The van der Waals surface area contributed by atoms with Crippen LogP contribution in [0, 0.1) is 40.4 Å². The molecule has 1 spiro atoms. The van der Waals surface area contributed by atoms with Crippen molar-refractivity contribution in [3.8, 4) is 0 Å². The molecule has 7 unspecified atom stereocenters. The summed E-state index contributed by atoms with van der Waals surface area (Å²) >= 11 is 0. The number of hydrogen-bond acceptors (Lipinski definition) is 2. The number of ether oxygens (including phenoxy) is 1. The minimum atomic E-state index is -0.262. The van der Waals surface area contributed by atoms with Gasteiger partial charge in [0.2, 0.25) is 0 Å². The van der Waals surface area contributed by atoms with Crippen LogP contribution in [-0.2, 0) is 9.53 Å². The zero-order valence-corrected chi connectivity index (χ0v) is 12.9. The van der Waals surface area contributed by atoms with Crippen LogP contribution in [0.3, 0.4) is 0 Å². The molecule has 6 aliphatic carbocycles. The summed E-state index contributed by atoms with van der Waals surface area (Å²) in [5.41, 5.74) is 0.752. The van der Waals surface area contributed by atoms with Crippen molar-refractivity contribution in [1.82, 2.24) is 0 Å². The first-order valence-corrected chi connectivity index (χ1v) is 8.60. The van der Waals surface area contributed by atoms with Gasteiger partial charge in [0.05, 0.1) is 0 Å². The summed E-state index contributed by atoms with van der Waals surface area (Å²) in [6, 6.07) is 0. The van der Waals surface area contributed by atoms with Gasteiger partial charge < -0.3 is 4.74 Å². The van der Waals surface area contributed by atoms with E-state index in [1.807, 2.05) is 0 Å². The van der Waals surface area contributed by atoms with Crippen molar-refractivity contribution in [2.45, 2.75) is 64.9 Å². The molecule has 0 aromatic heterocycles. The average Bonchev–Trinajstić information content (AvgIpc) is 2.97. The van der Waals surface area contributed by atoms with Gasteiger partial charge in [0.15, 0.2) is 0 Å². The van der Waals surface area contributed by atoms with Crippen LogP contribution in [0.2, 0.25) is 0 Å². The molecule has 6 saturated carbocycles. The highest BCUT2D eigenvalue weighted by Gasteiger charge is 2.83. The largest absolute Gasteiger partial charge is 0.459 e. The molecule has 7 atom stereocenters. The van der Waals surface area contributed by atoms with Crippen molar-refractivity contribution in [3.63, 3.8) is 0 Å². The van der Waals surface area contributed by atoms with E-state index in [0.29, 0.717) is 10.8 Å². The SMILES string of the molecule is CC(=O)OC(C)(C)C12CC3CC34C3CC(CC1C3)CC42. The molecule has 6 rings (SSSR count). The smallest absolute Gasteiger partial charge is 0.303 e. The van der Waals surface area contributed by atoms with Crippen LogP contribution in [0.15, 0.2) is 0 Å². The van der Waals surface area contributed by atoms with Crippen LogP contribution < -0.4 is 0 Å². The predicted molar refractivity (Wildman–Crippen MR) is 75.9 cm³/mol. The summed E-state index contributed by atoms with van der Waals surface area (Å²) < 4.78 is 5.91. The van der Waals surface area contributed by atoms with E-state index in [0.717, 1.165) is 29.6 Å². The van der Waals surface area contributed by atoms with Crippen LogP contribution in [0.25, 0.3) is 0 Å². The van der Waals surface area contributed by atoms with E-state index in [1.165, 1.54) is 38.5 Å². The van der Waals surface area contributed by atoms with Gasteiger partial charge in [-0.1, -0.05) is 0 Å². The van der Waals surface area contributed by atoms with E-state index in [-0.39, 0.29) is 11.6 Å². The molecule has 0 aliphatic heterocycles. The summed E-state index contributed by atoms with van der Waals surface area (Å²) in [4.78, 5) is 11.6. The standard InChI is InChI=1S/C18H26O2/c1-10(19)20-16(2,3)18-9-14-8-17(14)12-4-11(6-15(17)18)5-13(18)7-12/h11-15H,4-9H2,1-3H3. The lowest BCUT2D eigenvalue weighted by Gasteiger charge is -2.66. The molecular formula is C18H26O2. The molecule has 110 valence electrons. The fourth-order valence-corrected chi connectivity index (χ4v) is 8.19. The molecule has 0 aromatic rings. The van der Waals surface area contributed by atoms with Crippen molar-refractivity contribution >= 4 is 5.97 Å². The van der Waals surface area contributed by atoms with E-state index in [9.17, 15) is 4.79 Å². The van der Waals surface area contributed by atoms with Gasteiger partial charge in [-0.3, -0.25) is 4.79 Å². The fraction of sp³-hybridized carbons (Fsp3) is 0.944. The maximum Gasteiger partial charge on any atom is 0.303 e. The summed E-state index contributed by atoms with van der Waals surface area (Å²) in [7, 11) is 0. The van der Waals surface area contributed by atoms with Crippen molar-refractivity contribution in [2.75, 3.05) is 0 Å². The maximum atomic E-state index is 11.6. The van der Waals surface area contributed by atoms with Gasteiger partial charge >= 0.3 is 5.97 Å². The zero-order valence-electron chi connectivity index (χ0n) is 12.9. The number of esters is 1. The molecule has 0 N–H and O–H groups in total. The second-order valence-electron chi connectivity index (χ2n) is 9.12. The Labute approximate surface area is 121 Å². The van der Waals surface area contributed by atoms with Crippen LogP contribution in [0.5, 0.6) is 0 Å². The van der Waals surface area contributed by atoms with E-state index < -0.39 is 0 Å². The summed E-state index contributed by atoms with van der Waals surface area (Å²) in [6.45, 7) is 6.02. The highest BCUT2D eigenvalue weighted by atomic mass is 16.6. The van der Waals surface area contributed by atoms with Gasteiger partial charge in [0.1, 0.15) is 5.60 Å². The highest BCUT2D eigenvalue weighted by Crippen LogP contribution is 2.88. The first-order chi connectivity index (χ1) is 9.40. The third-order valence-corrected chi connectivity index (χ3v) is 8.44. The Morgan fingerprint density at radius 2 is 1.80 bits per heavy atom. The number of carbonyl (C=O) groups excluding carboxylic acids is 1. The van der Waals surface area contributed by atoms with Crippen LogP contribution in [0.4, 0.5) is 0 Å². The van der Waals surface area contributed by atoms with E-state index in [2.05, 4.69) is 13.8 Å². The molecule has 0 radical (unpaired) electrons. The Kier molecular flexibility index (Phi) is 1.88. The molecule has 0 heterocycles.